The first-order chi connectivity index (χ1) is 12.5. The van der Waals surface area contributed by atoms with Crippen LogP contribution in [-0.4, -0.2) is 21.5 Å². The molecule has 0 aliphatic heterocycles. The van der Waals surface area contributed by atoms with Crippen molar-refractivity contribution in [1.29, 1.82) is 0 Å². The van der Waals surface area contributed by atoms with Gasteiger partial charge in [-0.1, -0.05) is 26.7 Å². The summed E-state index contributed by atoms with van der Waals surface area (Å²) < 4.78 is 1.48. The number of rotatable bonds is 3. The Hall–Kier alpha value is -1.69. The van der Waals surface area contributed by atoms with Crippen LogP contribution in [-0.2, 0) is 24.2 Å². The first-order valence-corrected chi connectivity index (χ1v) is 10.6. The van der Waals surface area contributed by atoms with Crippen molar-refractivity contribution < 1.29 is 4.79 Å². The van der Waals surface area contributed by atoms with Crippen LogP contribution in [0.2, 0.25) is 0 Å². The van der Waals surface area contributed by atoms with Crippen LogP contribution < -0.4 is 10.9 Å². The number of aryl methyl sites for hydroxylation is 1. The van der Waals surface area contributed by atoms with E-state index < -0.39 is 0 Å². The van der Waals surface area contributed by atoms with Crippen molar-refractivity contribution in [2.75, 3.05) is 0 Å². The van der Waals surface area contributed by atoms with Gasteiger partial charge in [-0.2, -0.15) is 0 Å². The standard InChI is InChI=1S/C20H27N3O2S/c1-12-7-8-14-16(9-12)26-19-18(14)20(25)23(11-21-19)10-17(24)22-15-6-4-3-5-13(15)2/h11-13,15H,3-10H2,1-2H3,(H,22,24)/t12-,13-,15-/m1/s1. The second kappa shape index (κ2) is 7.14. The van der Waals surface area contributed by atoms with Crippen molar-refractivity contribution in [2.24, 2.45) is 11.8 Å². The fourth-order valence-corrected chi connectivity index (χ4v) is 5.76. The van der Waals surface area contributed by atoms with E-state index in [0.29, 0.717) is 11.8 Å². The third-order valence-electron chi connectivity index (χ3n) is 6.05. The first-order valence-electron chi connectivity index (χ1n) is 9.82. The summed E-state index contributed by atoms with van der Waals surface area (Å²) in [6, 6.07) is 0.235. The van der Waals surface area contributed by atoms with Gasteiger partial charge in [0.1, 0.15) is 11.4 Å². The van der Waals surface area contributed by atoms with Crippen LogP contribution in [0.3, 0.4) is 0 Å². The molecule has 2 aromatic heterocycles. The number of nitrogens with one attached hydrogen (secondary N) is 1. The maximum absolute atomic E-state index is 13.0. The highest BCUT2D eigenvalue weighted by Gasteiger charge is 2.25. The SMILES string of the molecule is C[C@@H]1CCc2c(sc3ncn(CC(=O)N[C@@H]4CCCC[C@H]4C)c(=O)c23)C1. The molecule has 1 amide bonds. The molecule has 0 bridgehead atoms. The van der Waals surface area contributed by atoms with E-state index in [9.17, 15) is 9.59 Å². The summed E-state index contributed by atoms with van der Waals surface area (Å²) >= 11 is 1.65. The number of nitrogens with zero attached hydrogens (tertiary/aromatic N) is 2. The lowest BCUT2D eigenvalue weighted by Crippen LogP contribution is -2.43. The van der Waals surface area contributed by atoms with Gasteiger partial charge < -0.3 is 5.32 Å². The Morgan fingerprint density at radius 1 is 1.31 bits per heavy atom. The molecule has 1 fully saturated rings. The Bertz CT molecular complexity index is 885. The quantitative estimate of drug-likeness (QED) is 0.898. The molecular weight excluding hydrogens is 346 g/mol. The lowest BCUT2D eigenvalue weighted by atomic mass is 9.86. The molecule has 1 saturated carbocycles. The van der Waals surface area contributed by atoms with Gasteiger partial charge in [0, 0.05) is 10.9 Å². The van der Waals surface area contributed by atoms with Gasteiger partial charge in [0.25, 0.3) is 5.56 Å². The first kappa shape index (κ1) is 17.7. The molecule has 4 rings (SSSR count). The Morgan fingerprint density at radius 3 is 2.92 bits per heavy atom. The van der Waals surface area contributed by atoms with E-state index in [0.717, 1.165) is 42.3 Å². The molecule has 2 aromatic rings. The number of hydrogen-bond acceptors (Lipinski definition) is 4. The highest BCUT2D eigenvalue weighted by molar-refractivity contribution is 7.18. The maximum atomic E-state index is 13.0. The summed E-state index contributed by atoms with van der Waals surface area (Å²) in [7, 11) is 0. The Balaban J connectivity index is 1.56. The number of hydrogen-bond donors (Lipinski definition) is 1. The van der Waals surface area contributed by atoms with Gasteiger partial charge in [0.2, 0.25) is 5.91 Å². The minimum absolute atomic E-state index is 0.0612. The summed E-state index contributed by atoms with van der Waals surface area (Å²) in [5.74, 6) is 1.10. The molecule has 26 heavy (non-hydrogen) atoms. The van der Waals surface area contributed by atoms with Crippen LogP contribution in [0.4, 0.5) is 0 Å². The lowest BCUT2D eigenvalue weighted by Gasteiger charge is -2.29. The molecule has 2 heterocycles. The molecule has 0 spiro atoms. The molecule has 5 nitrogen and oxygen atoms in total. The minimum Gasteiger partial charge on any atom is -0.352 e. The molecule has 0 aromatic carbocycles. The molecule has 2 aliphatic rings. The zero-order chi connectivity index (χ0) is 18.3. The molecule has 0 saturated heterocycles. The average Bonchev–Trinajstić information content (AvgIpc) is 2.97. The number of aromatic nitrogens is 2. The fourth-order valence-electron chi connectivity index (χ4n) is 4.42. The number of carbonyl (C=O) groups excluding carboxylic acids is 1. The number of carbonyl (C=O) groups is 1. The maximum Gasteiger partial charge on any atom is 0.262 e. The normalized spacial score (nSPS) is 25.8. The van der Waals surface area contributed by atoms with Gasteiger partial charge in [-0.3, -0.25) is 14.2 Å². The highest BCUT2D eigenvalue weighted by Crippen LogP contribution is 2.35. The molecule has 140 valence electrons. The molecule has 3 atom stereocenters. The van der Waals surface area contributed by atoms with Gasteiger partial charge in [0.15, 0.2) is 0 Å². The van der Waals surface area contributed by atoms with E-state index in [2.05, 4.69) is 24.1 Å². The van der Waals surface area contributed by atoms with Crippen LogP contribution in [0.25, 0.3) is 10.2 Å². The molecule has 0 unspecified atom stereocenters. The zero-order valence-corrected chi connectivity index (χ0v) is 16.4. The molecule has 6 heteroatoms. The largest absolute Gasteiger partial charge is 0.352 e. The van der Waals surface area contributed by atoms with E-state index in [1.807, 2.05) is 0 Å². The summed E-state index contributed by atoms with van der Waals surface area (Å²) in [4.78, 5) is 32.1. The van der Waals surface area contributed by atoms with Crippen molar-refractivity contribution in [1.82, 2.24) is 14.9 Å². The van der Waals surface area contributed by atoms with Crippen LogP contribution >= 0.6 is 11.3 Å². The minimum atomic E-state index is -0.0790. The molecular formula is C20H27N3O2S. The Morgan fingerprint density at radius 2 is 2.12 bits per heavy atom. The van der Waals surface area contributed by atoms with Crippen LogP contribution in [0.5, 0.6) is 0 Å². The lowest BCUT2D eigenvalue weighted by molar-refractivity contribution is -0.123. The zero-order valence-electron chi connectivity index (χ0n) is 15.6. The van der Waals surface area contributed by atoms with Crippen molar-refractivity contribution in [3.63, 3.8) is 0 Å². The summed E-state index contributed by atoms with van der Waals surface area (Å²) in [5.41, 5.74) is 1.12. The number of fused-ring (bicyclic) bond motifs is 3. The van der Waals surface area contributed by atoms with Gasteiger partial charge in [-0.25, -0.2) is 4.98 Å². The molecule has 0 radical (unpaired) electrons. The topological polar surface area (TPSA) is 64.0 Å². The number of amides is 1. The highest BCUT2D eigenvalue weighted by atomic mass is 32.1. The summed E-state index contributed by atoms with van der Waals surface area (Å²) in [5, 5.41) is 3.88. The second-order valence-electron chi connectivity index (χ2n) is 8.15. The van der Waals surface area contributed by atoms with E-state index in [1.165, 1.54) is 27.8 Å². The summed E-state index contributed by atoms with van der Waals surface area (Å²) in [6.07, 6.45) is 9.26. The van der Waals surface area contributed by atoms with Crippen LogP contribution in [0.1, 0.15) is 56.4 Å². The van der Waals surface area contributed by atoms with E-state index in [4.69, 9.17) is 0 Å². The van der Waals surface area contributed by atoms with E-state index in [1.54, 1.807) is 17.7 Å². The van der Waals surface area contributed by atoms with Crippen LogP contribution in [0, 0.1) is 11.8 Å². The molecule has 1 N–H and O–H groups in total. The van der Waals surface area contributed by atoms with Crippen molar-refractivity contribution in [3.05, 3.63) is 27.1 Å². The van der Waals surface area contributed by atoms with Crippen molar-refractivity contribution in [3.8, 4) is 0 Å². The summed E-state index contributed by atoms with van der Waals surface area (Å²) in [6.45, 7) is 4.52. The average molecular weight is 374 g/mol. The van der Waals surface area contributed by atoms with Crippen molar-refractivity contribution >= 4 is 27.5 Å². The van der Waals surface area contributed by atoms with Crippen LogP contribution in [0.15, 0.2) is 11.1 Å². The van der Waals surface area contributed by atoms with Gasteiger partial charge in [-0.15, -0.1) is 11.3 Å². The second-order valence-corrected chi connectivity index (χ2v) is 9.23. The Kier molecular flexibility index (Phi) is 4.86. The Labute approximate surface area is 157 Å². The number of thiophene rings is 1. The molecule has 2 aliphatic carbocycles. The fraction of sp³-hybridized carbons (Fsp3) is 0.650. The third-order valence-corrected chi connectivity index (χ3v) is 7.22. The van der Waals surface area contributed by atoms with Gasteiger partial charge >= 0.3 is 0 Å². The van der Waals surface area contributed by atoms with Gasteiger partial charge in [-0.05, 0) is 49.5 Å². The van der Waals surface area contributed by atoms with E-state index >= 15 is 0 Å². The van der Waals surface area contributed by atoms with Crippen molar-refractivity contribution in [2.45, 2.75) is 71.4 Å². The smallest absolute Gasteiger partial charge is 0.262 e. The van der Waals surface area contributed by atoms with E-state index in [-0.39, 0.29) is 24.1 Å². The van der Waals surface area contributed by atoms with Gasteiger partial charge in [0.05, 0.1) is 11.7 Å². The monoisotopic (exact) mass is 373 g/mol. The predicted octanol–water partition coefficient (Wildman–Crippen LogP) is 3.28. The predicted molar refractivity (Wildman–Crippen MR) is 105 cm³/mol. The third kappa shape index (κ3) is 3.31.